The Labute approximate surface area is 159 Å². The van der Waals surface area contributed by atoms with Crippen LogP contribution >= 0.6 is 0 Å². The van der Waals surface area contributed by atoms with Crippen molar-refractivity contribution in [3.63, 3.8) is 0 Å². The fourth-order valence-electron chi connectivity index (χ4n) is 3.08. The van der Waals surface area contributed by atoms with Crippen LogP contribution in [-0.4, -0.2) is 38.4 Å². The summed E-state index contributed by atoms with van der Waals surface area (Å²) in [6.45, 7) is 2.42. The van der Waals surface area contributed by atoms with Gasteiger partial charge in [0.05, 0.1) is 12.0 Å². The second-order valence-corrected chi connectivity index (χ2v) is 8.43. The quantitative estimate of drug-likeness (QED) is 0.711. The molecule has 2 aromatic carbocycles. The normalized spacial score (nSPS) is 17.6. The Bertz CT molecular complexity index is 891. The van der Waals surface area contributed by atoms with Gasteiger partial charge in [0.15, 0.2) is 0 Å². The summed E-state index contributed by atoms with van der Waals surface area (Å²) in [6.07, 6.45) is 1.09. The third-order valence-corrected chi connectivity index (χ3v) is 6.57. The number of benzene rings is 2. The van der Waals surface area contributed by atoms with E-state index in [0.29, 0.717) is 25.1 Å². The molecule has 0 saturated carbocycles. The molecule has 6 nitrogen and oxygen atoms in total. The van der Waals surface area contributed by atoms with E-state index in [4.69, 9.17) is 9.47 Å². The number of carbonyl (C=O) groups is 1. The van der Waals surface area contributed by atoms with E-state index in [0.717, 1.165) is 11.1 Å². The van der Waals surface area contributed by atoms with Crippen LogP contribution in [0.1, 0.15) is 24.0 Å². The zero-order valence-corrected chi connectivity index (χ0v) is 16.2. The molecule has 1 fully saturated rings. The zero-order chi connectivity index (χ0) is 19.4. The lowest BCUT2D eigenvalue weighted by molar-refractivity contribution is -0.148. The van der Waals surface area contributed by atoms with Crippen molar-refractivity contribution < 1.29 is 22.7 Å². The van der Waals surface area contributed by atoms with E-state index in [-0.39, 0.29) is 11.5 Å². The molecule has 0 unspecified atom stereocenters. The molecule has 0 radical (unpaired) electrons. The molecular weight excluding hydrogens is 366 g/mol. The van der Waals surface area contributed by atoms with Gasteiger partial charge in [-0.2, -0.15) is 4.31 Å². The van der Waals surface area contributed by atoms with Gasteiger partial charge in [0.1, 0.15) is 18.4 Å². The van der Waals surface area contributed by atoms with E-state index in [1.165, 1.54) is 23.5 Å². The highest BCUT2D eigenvalue weighted by atomic mass is 32.2. The average molecular weight is 389 g/mol. The van der Waals surface area contributed by atoms with E-state index in [9.17, 15) is 13.2 Å². The standard InChI is InChI=1S/C20H23NO5S/c1-15-5-7-16(8-6-15)14-26-20(22)19-4-3-13-21(19)27(23,24)18-11-9-17(25-2)10-12-18/h5-12,19H,3-4,13-14H2,1-2H3/t19-/m0/s1. The average Bonchev–Trinajstić information content (AvgIpc) is 3.18. The fourth-order valence-corrected chi connectivity index (χ4v) is 4.73. The van der Waals surface area contributed by atoms with Gasteiger partial charge < -0.3 is 9.47 Å². The predicted molar refractivity (Wildman–Crippen MR) is 101 cm³/mol. The van der Waals surface area contributed by atoms with Crippen molar-refractivity contribution in [2.24, 2.45) is 0 Å². The Morgan fingerprint density at radius 2 is 1.78 bits per heavy atom. The van der Waals surface area contributed by atoms with Gasteiger partial charge in [-0.05, 0) is 49.6 Å². The van der Waals surface area contributed by atoms with Crippen molar-refractivity contribution in [1.29, 1.82) is 0 Å². The summed E-state index contributed by atoms with van der Waals surface area (Å²) in [4.78, 5) is 12.7. The smallest absolute Gasteiger partial charge is 0.324 e. The second-order valence-electron chi connectivity index (χ2n) is 6.54. The van der Waals surface area contributed by atoms with Crippen LogP contribution in [0.25, 0.3) is 0 Å². The number of nitrogens with zero attached hydrogens (tertiary/aromatic N) is 1. The first-order valence-electron chi connectivity index (χ1n) is 8.80. The number of ether oxygens (including phenoxy) is 2. The van der Waals surface area contributed by atoms with Gasteiger partial charge in [0.25, 0.3) is 0 Å². The molecule has 2 aromatic rings. The van der Waals surface area contributed by atoms with Crippen molar-refractivity contribution in [3.05, 3.63) is 59.7 Å². The highest BCUT2D eigenvalue weighted by molar-refractivity contribution is 7.89. The van der Waals surface area contributed by atoms with Gasteiger partial charge in [-0.15, -0.1) is 0 Å². The predicted octanol–water partition coefficient (Wildman–Crippen LogP) is 2.90. The summed E-state index contributed by atoms with van der Waals surface area (Å²) in [5, 5.41) is 0. The first-order valence-corrected chi connectivity index (χ1v) is 10.2. The van der Waals surface area contributed by atoms with Gasteiger partial charge in [-0.25, -0.2) is 8.42 Å². The molecule has 144 valence electrons. The fraction of sp³-hybridized carbons (Fsp3) is 0.350. The van der Waals surface area contributed by atoms with E-state index in [1.807, 2.05) is 31.2 Å². The van der Waals surface area contributed by atoms with E-state index in [1.54, 1.807) is 12.1 Å². The zero-order valence-electron chi connectivity index (χ0n) is 15.4. The van der Waals surface area contributed by atoms with Crippen LogP contribution < -0.4 is 4.74 Å². The van der Waals surface area contributed by atoms with Gasteiger partial charge in [-0.1, -0.05) is 29.8 Å². The summed E-state index contributed by atoms with van der Waals surface area (Å²) >= 11 is 0. The van der Waals surface area contributed by atoms with Crippen molar-refractivity contribution in [2.75, 3.05) is 13.7 Å². The third kappa shape index (κ3) is 4.31. The molecule has 1 saturated heterocycles. The third-order valence-electron chi connectivity index (χ3n) is 4.64. The van der Waals surface area contributed by atoms with Crippen LogP contribution in [0.4, 0.5) is 0 Å². The van der Waals surface area contributed by atoms with Gasteiger partial charge in [0.2, 0.25) is 10.0 Å². The van der Waals surface area contributed by atoms with Crippen LogP contribution in [0.2, 0.25) is 0 Å². The Morgan fingerprint density at radius 1 is 1.11 bits per heavy atom. The summed E-state index contributed by atoms with van der Waals surface area (Å²) in [5.41, 5.74) is 1.99. The van der Waals surface area contributed by atoms with Gasteiger partial charge in [0, 0.05) is 6.54 Å². The number of esters is 1. The molecule has 3 rings (SSSR count). The maximum absolute atomic E-state index is 12.9. The lowest BCUT2D eigenvalue weighted by atomic mass is 10.2. The largest absolute Gasteiger partial charge is 0.497 e. The molecule has 0 aromatic heterocycles. The molecule has 1 aliphatic rings. The molecule has 0 spiro atoms. The second kappa shape index (κ2) is 8.10. The maximum atomic E-state index is 12.9. The van der Waals surface area contributed by atoms with Crippen LogP contribution in [0.5, 0.6) is 5.75 Å². The Kier molecular flexibility index (Phi) is 5.82. The number of hydrogen-bond donors (Lipinski definition) is 0. The first kappa shape index (κ1) is 19.4. The summed E-state index contributed by atoms with van der Waals surface area (Å²) in [7, 11) is -2.25. The Morgan fingerprint density at radius 3 is 2.41 bits per heavy atom. The van der Waals surface area contributed by atoms with Crippen molar-refractivity contribution in [3.8, 4) is 5.75 Å². The monoisotopic (exact) mass is 389 g/mol. The Hall–Kier alpha value is -2.38. The first-order chi connectivity index (χ1) is 12.9. The molecule has 0 aliphatic carbocycles. The molecule has 1 heterocycles. The minimum atomic E-state index is -3.77. The summed E-state index contributed by atoms with van der Waals surface area (Å²) in [5.74, 6) is 0.0644. The molecule has 27 heavy (non-hydrogen) atoms. The van der Waals surface area contributed by atoms with Gasteiger partial charge >= 0.3 is 5.97 Å². The van der Waals surface area contributed by atoms with Crippen molar-refractivity contribution in [2.45, 2.75) is 37.3 Å². The van der Waals surface area contributed by atoms with Crippen LogP contribution in [0.3, 0.4) is 0 Å². The summed E-state index contributed by atoms with van der Waals surface area (Å²) in [6, 6.07) is 13.0. The highest BCUT2D eigenvalue weighted by Crippen LogP contribution is 2.28. The summed E-state index contributed by atoms with van der Waals surface area (Å²) < 4.78 is 37.6. The molecule has 1 atom stereocenters. The number of carbonyl (C=O) groups excluding carboxylic acids is 1. The van der Waals surface area contributed by atoms with Crippen molar-refractivity contribution >= 4 is 16.0 Å². The van der Waals surface area contributed by atoms with Crippen LogP contribution in [0, 0.1) is 6.92 Å². The molecule has 0 amide bonds. The minimum absolute atomic E-state index is 0.131. The van der Waals surface area contributed by atoms with E-state index < -0.39 is 22.0 Å². The number of aryl methyl sites for hydroxylation is 1. The molecule has 1 aliphatic heterocycles. The number of hydrogen-bond acceptors (Lipinski definition) is 5. The molecule has 0 N–H and O–H groups in total. The SMILES string of the molecule is COc1ccc(S(=O)(=O)N2CCC[C@H]2C(=O)OCc2ccc(C)cc2)cc1. The van der Waals surface area contributed by atoms with Gasteiger partial charge in [-0.3, -0.25) is 4.79 Å². The number of methoxy groups -OCH3 is 1. The number of rotatable bonds is 6. The highest BCUT2D eigenvalue weighted by Gasteiger charge is 2.40. The van der Waals surface area contributed by atoms with Crippen LogP contribution in [-0.2, 0) is 26.2 Å². The maximum Gasteiger partial charge on any atom is 0.324 e. The molecule has 0 bridgehead atoms. The molecular formula is C20H23NO5S. The van der Waals surface area contributed by atoms with E-state index in [2.05, 4.69) is 0 Å². The Balaban J connectivity index is 1.71. The lowest BCUT2D eigenvalue weighted by Crippen LogP contribution is -2.41. The minimum Gasteiger partial charge on any atom is -0.497 e. The van der Waals surface area contributed by atoms with Crippen LogP contribution in [0.15, 0.2) is 53.4 Å². The molecule has 7 heteroatoms. The number of sulfonamides is 1. The van der Waals surface area contributed by atoms with Crippen molar-refractivity contribution in [1.82, 2.24) is 4.31 Å². The topological polar surface area (TPSA) is 72.9 Å². The van der Waals surface area contributed by atoms with E-state index >= 15 is 0 Å². The lowest BCUT2D eigenvalue weighted by Gasteiger charge is -2.23.